The van der Waals surface area contributed by atoms with Crippen LogP contribution in [0.2, 0.25) is 0 Å². The average molecular weight is 446 g/mol. The average Bonchev–Trinajstić information content (AvgIpc) is 3.28. The Hall–Kier alpha value is -2.36. The van der Waals surface area contributed by atoms with Crippen molar-refractivity contribution in [3.05, 3.63) is 54.1 Å². The topological polar surface area (TPSA) is 85.5 Å². The fraction of sp³-hybridized carbons (Fsp3) is 0.333. The number of piperidine rings is 1. The van der Waals surface area contributed by atoms with Crippen molar-refractivity contribution in [2.24, 2.45) is 0 Å². The summed E-state index contributed by atoms with van der Waals surface area (Å²) >= 11 is 1.42. The van der Waals surface area contributed by atoms with Crippen LogP contribution in [0.25, 0.3) is 11.5 Å². The van der Waals surface area contributed by atoms with Crippen molar-refractivity contribution < 1.29 is 17.6 Å². The summed E-state index contributed by atoms with van der Waals surface area (Å²) in [7, 11) is -1.88. The first-order chi connectivity index (χ1) is 14.6. The molecule has 0 amide bonds. The smallest absolute Gasteiger partial charge is 0.277 e. The quantitative estimate of drug-likeness (QED) is 0.504. The van der Waals surface area contributed by atoms with E-state index in [1.54, 1.807) is 35.7 Å². The molecule has 1 fully saturated rings. The predicted octanol–water partition coefficient (Wildman–Crippen LogP) is 4.21. The Morgan fingerprint density at radius 3 is 2.67 bits per heavy atom. The molecule has 0 N–H and O–H groups in total. The molecule has 1 aliphatic rings. The highest BCUT2D eigenvalue weighted by atomic mass is 32.2. The van der Waals surface area contributed by atoms with Gasteiger partial charge < -0.3 is 9.15 Å². The first kappa shape index (κ1) is 20.9. The summed E-state index contributed by atoms with van der Waals surface area (Å²) in [4.78, 5) is 0.255. The van der Waals surface area contributed by atoms with Crippen molar-refractivity contribution in [2.45, 2.75) is 35.1 Å². The van der Waals surface area contributed by atoms with E-state index >= 15 is 0 Å². The minimum absolute atomic E-state index is 0.255. The molecule has 0 aliphatic carbocycles. The lowest BCUT2D eigenvalue weighted by Gasteiger charge is -2.25. The van der Waals surface area contributed by atoms with E-state index in [0.717, 1.165) is 30.6 Å². The standard InChI is InChI=1S/C21H23N3O4S2/c1-27-18-9-5-7-16(13-18)15-29-21-23-22-20(28-21)17-8-6-10-19(14-17)30(25,26)24-11-3-2-4-12-24/h5-10,13-14H,2-4,11-12,15H2,1H3. The van der Waals surface area contributed by atoms with Gasteiger partial charge in [0.25, 0.3) is 5.22 Å². The van der Waals surface area contributed by atoms with Gasteiger partial charge in [0, 0.05) is 24.4 Å². The summed E-state index contributed by atoms with van der Waals surface area (Å²) in [5, 5.41) is 8.61. The number of sulfonamides is 1. The van der Waals surface area contributed by atoms with E-state index in [0.29, 0.717) is 35.5 Å². The molecule has 7 nitrogen and oxygen atoms in total. The number of ether oxygens (including phenoxy) is 1. The van der Waals surface area contributed by atoms with Crippen molar-refractivity contribution in [2.75, 3.05) is 20.2 Å². The monoisotopic (exact) mass is 445 g/mol. The van der Waals surface area contributed by atoms with Crippen LogP contribution in [0, 0.1) is 0 Å². The van der Waals surface area contributed by atoms with Gasteiger partial charge in [-0.2, -0.15) is 4.31 Å². The van der Waals surface area contributed by atoms with Crippen LogP contribution in [0.3, 0.4) is 0 Å². The summed E-state index contributed by atoms with van der Waals surface area (Å²) < 4.78 is 38.4. The zero-order valence-corrected chi connectivity index (χ0v) is 18.3. The molecule has 0 unspecified atom stereocenters. The first-order valence-corrected chi connectivity index (χ1v) is 12.2. The van der Waals surface area contributed by atoms with E-state index in [9.17, 15) is 8.42 Å². The highest BCUT2D eigenvalue weighted by Crippen LogP contribution is 2.29. The normalized spacial score (nSPS) is 15.2. The van der Waals surface area contributed by atoms with E-state index in [1.165, 1.54) is 11.8 Å². The second-order valence-electron chi connectivity index (χ2n) is 7.01. The summed E-state index contributed by atoms with van der Waals surface area (Å²) in [5.74, 6) is 1.76. The van der Waals surface area contributed by atoms with E-state index in [2.05, 4.69) is 10.2 Å². The van der Waals surface area contributed by atoms with E-state index in [-0.39, 0.29) is 4.90 Å². The molecule has 9 heteroatoms. The van der Waals surface area contributed by atoms with Crippen molar-refractivity contribution in [1.29, 1.82) is 0 Å². The molecule has 1 saturated heterocycles. The second kappa shape index (κ2) is 9.20. The molecular formula is C21H23N3O4S2. The fourth-order valence-corrected chi connectivity index (χ4v) is 5.61. The van der Waals surface area contributed by atoms with Crippen molar-refractivity contribution in [1.82, 2.24) is 14.5 Å². The van der Waals surface area contributed by atoms with Gasteiger partial charge in [-0.25, -0.2) is 8.42 Å². The van der Waals surface area contributed by atoms with Crippen LogP contribution in [-0.4, -0.2) is 43.1 Å². The van der Waals surface area contributed by atoms with E-state index in [1.807, 2.05) is 24.3 Å². The Morgan fingerprint density at radius 1 is 1.07 bits per heavy atom. The number of aromatic nitrogens is 2. The third-order valence-electron chi connectivity index (χ3n) is 4.94. The van der Waals surface area contributed by atoms with Crippen LogP contribution < -0.4 is 4.74 Å². The number of benzene rings is 2. The van der Waals surface area contributed by atoms with Gasteiger partial charge in [0.1, 0.15) is 5.75 Å². The Bertz CT molecular complexity index is 1110. The zero-order chi connectivity index (χ0) is 21.0. The maximum Gasteiger partial charge on any atom is 0.277 e. The Labute approximate surface area is 180 Å². The summed E-state index contributed by atoms with van der Waals surface area (Å²) in [6, 6.07) is 14.5. The highest BCUT2D eigenvalue weighted by molar-refractivity contribution is 7.98. The van der Waals surface area contributed by atoms with Crippen LogP contribution in [-0.2, 0) is 15.8 Å². The van der Waals surface area contributed by atoms with Crippen molar-refractivity contribution >= 4 is 21.8 Å². The van der Waals surface area contributed by atoms with E-state index < -0.39 is 10.0 Å². The van der Waals surface area contributed by atoms with Gasteiger partial charge in [0.15, 0.2) is 0 Å². The number of hydrogen-bond acceptors (Lipinski definition) is 7. The van der Waals surface area contributed by atoms with Gasteiger partial charge in [-0.1, -0.05) is 36.4 Å². The molecule has 0 saturated carbocycles. The molecule has 2 heterocycles. The van der Waals surface area contributed by atoms with Crippen LogP contribution in [0.15, 0.2) is 63.1 Å². The van der Waals surface area contributed by atoms with Gasteiger partial charge in [-0.05, 0) is 48.7 Å². The molecule has 1 aliphatic heterocycles. The Balaban J connectivity index is 1.48. The molecular weight excluding hydrogens is 422 g/mol. The lowest BCUT2D eigenvalue weighted by Crippen LogP contribution is -2.35. The molecule has 158 valence electrons. The van der Waals surface area contributed by atoms with Crippen LogP contribution in [0.1, 0.15) is 24.8 Å². The van der Waals surface area contributed by atoms with Crippen molar-refractivity contribution in [3.63, 3.8) is 0 Å². The summed E-state index contributed by atoms with van der Waals surface area (Å²) in [6.45, 7) is 1.14. The third kappa shape index (κ3) is 4.69. The van der Waals surface area contributed by atoms with Crippen LogP contribution in [0.4, 0.5) is 0 Å². The minimum atomic E-state index is -3.51. The lowest BCUT2D eigenvalue weighted by molar-refractivity contribution is 0.346. The number of nitrogens with zero attached hydrogens (tertiary/aromatic N) is 3. The largest absolute Gasteiger partial charge is 0.497 e. The van der Waals surface area contributed by atoms with Crippen LogP contribution in [0.5, 0.6) is 5.75 Å². The molecule has 30 heavy (non-hydrogen) atoms. The first-order valence-electron chi connectivity index (χ1n) is 9.76. The second-order valence-corrected chi connectivity index (χ2v) is 9.87. The summed E-state index contributed by atoms with van der Waals surface area (Å²) in [6.07, 6.45) is 2.87. The number of hydrogen-bond donors (Lipinski definition) is 0. The van der Waals surface area contributed by atoms with Gasteiger partial charge in [0.2, 0.25) is 15.9 Å². The number of thioether (sulfide) groups is 1. The lowest BCUT2D eigenvalue weighted by atomic mass is 10.2. The third-order valence-corrected chi connectivity index (χ3v) is 7.72. The number of rotatable bonds is 7. The molecule has 3 aromatic rings. The molecule has 2 aromatic carbocycles. The maximum atomic E-state index is 12.9. The van der Waals surface area contributed by atoms with Crippen molar-refractivity contribution in [3.8, 4) is 17.2 Å². The van der Waals surface area contributed by atoms with Gasteiger partial charge in [0.05, 0.1) is 12.0 Å². The SMILES string of the molecule is COc1cccc(CSc2nnc(-c3cccc(S(=O)(=O)N4CCCCC4)c3)o2)c1. The zero-order valence-electron chi connectivity index (χ0n) is 16.7. The van der Waals surface area contributed by atoms with Crippen LogP contribution >= 0.6 is 11.8 Å². The Morgan fingerprint density at radius 2 is 1.87 bits per heavy atom. The van der Waals surface area contributed by atoms with E-state index in [4.69, 9.17) is 9.15 Å². The maximum absolute atomic E-state index is 12.9. The Kier molecular flexibility index (Phi) is 6.40. The van der Waals surface area contributed by atoms with Gasteiger partial charge >= 0.3 is 0 Å². The highest BCUT2D eigenvalue weighted by Gasteiger charge is 2.26. The molecule has 0 atom stereocenters. The summed E-state index contributed by atoms with van der Waals surface area (Å²) in [5.41, 5.74) is 1.67. The minimum Gasteiger partial charge on any atom is -0.497 e. The number of methoxy groups -OCH3 is 1. The molecule has 0 spiro atoms. The predicted molar refractivity (Wildman–Crippen MR) is 115 cm³/mol. The molecule has 0 bridgehead atoms. The molecule has 1 aromatic heterocycles. The van der Waals surface area contributed by atoms with Gasteiger partial charge in [-0.3, -0.25) is 0 Å². The molecule has 0 radical (unpaired) electrons. The van der Waals surface area contributed by atoms with Gasteiger partial charge in [-0.15, -0.1) is 10.2 Å². The molecule has 4 rings (SSSR count). The fourth-order valence-electron chi connectivity index (χ4n) is 3.34.